The van der Waals surface area contributed by atoms with Gasteiger partial charge in [0.1, 0.15) is 30.2 Å². The molecule has 5 rings (SSSR count). The molecule has 0 saturated carbocycles. The summed E-state index contributed by atoms with van der Waals surface area (Å²) in [6.07, 6.45) is -4.39. The van der Waals surface area contributed by atoms with Gasteiger partial charge in [0.05, 0.1) is 18.5 Å². The zero-order valence-electron chi connectivity index (χ0n) is 21.3. The molecule has 1 amide bonds. The van der Waals surface area contributed by atoms with Crippen LogP contribution in [0.3, 0.4) is 0 Å². The van der Waals surface area contributed by atoms with Crippen LogP contribution in [0.5, 0.6) is 5.75 Å². The monoisotopic (exact) mass is 602 g/mol. The summed E-state index contributed by atoms with van der Waals surface area (Å²) in [6.45, 7) is -0.793. The second-order valence-electron chi connectivity index (χ2n) is 9.24. The maximum Gasteiger partial charge on any atom is 0.362 e. The number of anilines is 1. The Morgan fingerprint density at radius 1 is 1.07 bits per heavy atom. The van der Waals surface area contributed by atoms with Crippen LogP contribution in [0.4, 0.5) is 5.82 Å². The van der Waals surface area contributed by atoms with Crippen LogP contribution in [0, 0.1) is 0 Å². The lowest BCUT2D eigenvalue weighted by Gasteiger charge is -2.16. The molecular weight excluding hydrogens is 580 g/mol. The van der Waals surface area contributed by atoms with E-state index in [1.165, 1.54) is 35.2 Å². The fourth-order valence-electron chi connectivity index (χ4n) is 4.46. The van der Waals surface area contributed by atoms with E-state index in [-0.39, 0.29) is 33.7 Å². The number of aliphatic hydroxyl groups is 2. The quantitative estimate of drug-likeness (QED) is 0.0974. The van der Waals surface area contributed by atoms with Gasteiger partial charge in [-0.25, -0.2) is 19.7 Å². The van der Waals surface area contributed by atoms with Gasteiger partial charge < -0.3 is 25.8 Å². The first-order valence-corrected chi connectivity index (χ1v) is 13.6. The van der Waals surface area contributed by atoms with Gasteiger partial charge in [0.15, 0.2) is 29.2 Å². The molecule has 0 spiro atoms. The molecule has 6 N–H and O–H groups in total. The Kier molecular flexibility index (Phi) is 7.56. The van der Waals surface area contributed by atoms with Gasteiger partial charge >= 0.3 is 10.3 Å². The van der Waals surface area contributed by atoms with Crippen LogP contribution in [0.1, 0.15) is 29.4 Å². The number of rotatable bonds is 10. The summed E-state index contributed by atoms with van der Waals surface area (Å²) in [5, 5.41) is 30.6. The molecule has 4 atom stereocenters. The van der Waals surface area contributed by atoms with Crippen LogP contribution in [-0.2, 0) is 24.0 Å². The van der Waals surface area contributed by atoms with Gasteiger partial charge in [0.25, 0.3) is 5.43 Å². The van der Waals surface area contributed by atoms with Gasteiger partial charge in [-0.15, -0.1) is 0 Å². The molecular formula is C24H22N6O11S. The molecule has 1 aliphatic heterocycles. The average Bonchev–Trinajstić information content (AvgIpc) is 3.52. The summed E-state index contributed by atoms with van der Waals surface area (Å²) in [7, 11) is -4.73. The largest absolute Gasteiger partial charge is 0.503 e. The van der Waals surface area contributed by atoms with Gasteiger partial charge in [-0.05, 0) is 0 Å². The second kappa shape index (κ2) is 11.0. The molecule has 0 bridgehead atoms. The summed E-state index contributed by atoms with van der Waals surface area (Å²) < 4.78 is 37.9. The number of aliphatic hydroxyl groups excluding tert-OH is 2. The van der Waals surface area contributed by atoms with Crippen LogP contribution in [-0.4, -0.2) is 79.9 Å². The number of Topliss-reactive ketones (excluding diaryl/α,β-unsaturated/α-hetero) is 1. The number of aromatic nitrogens is 4. The van der Waals surface area contributed by atoms with Gasteiger partial charge in [0, 0.05) is 24.0 Å². The van der Waals surface area contributed by atoms with Crippen molar-refractivity contribution in [2.45, 2.75) is 37.4 Å². The molecule has 2 aromatic heterocycles. The minimum absolute atomic E-state index is 0.0104. The van der Waals surface area contributed by atoms with Crippen molar-refractivity contribution in [1.82, 2.24) is 24.2 Å². The van der Waals surface area contributed by atoms with E-state index in [1.54, 1.807) is 4.72 Å². The molecule has 3 heterocycles. The van der Waals surface area contributed by atoms with Gasteiger partial charge in [-0.2, -0.15) is 8.42 Å². The molecule has 2 aromatic carbocycles. The molecule has 1 fully saturated rings. The lowest BCUT2D eigenvalue weighted by atomic mass is 9.92. The van der Waals surface area contributed by atoms with Crippen molar-refractivity contribution in [2.75, 3.05) is 12.3 Å². The number of amides is 1. The standard InChI is InChI=1S/C24H22N6O11S/c25-22-16-23(27-8-26-22)30(9-28-16)24-21(37)17(33)13(41-24)7-40-42(38,39)29-14(32)6-5-12(31)10-3-1-2-4-11(10)15-18(34)20(36)19(15)35/h1-4,8-9,13,17,21,24,33-34,37H,5-7H2,(H,29,32)(H2,25,26,27)/t13-,17-,21-,24?/m1/s1. The molecule has 1 aliphatic rings. The summed E-state index contributed by atoms with van der Waals surface area (Å²) in [5.41, 5.74) is 3.77. The highest BCUT2D eigenvalue weighted by molar-refractivity contribution is 7.85. The molecule has 0 radical (unpaired) electrons. The predicted octanol–water partition coefficient (Wildman–Crippen LogP) is -1.96. The van der Waals surface area contributed by atoms with Crippen molar-refractivity contribution in [3.8, 4) is 16.9 Å². The van der Waals surface area contributed by atoms with E-state index in [9.17, 15) is 42.9 Å². The van der Waals surface area contributed by atoms with Crippen LogP contribution in [0.25, 0.3) is 22.3 Å². The van der Waals surface area contributed by atoms with Crippen LogP contribution in [0.2, 0.25) is 0 Å². The summed E-state index contributed by atoms with van der Waals surface area (Å²) in [6, 6.07) is 5.63. The third-order valence-electron chi connectivity index (χ3n) is 6.59. The Bertz CT molecular complexity index is 1880. The number of ketones is 1. The van der Waals surface area contributed by atoms with E-state index in [1.807, 2.05) is 0 Å². The normalized spacial score (nSPS) is 20.7. The maximum absolute atomic E-state index is 12.7. The molecule has 0 aliphatic carbocycles. The van der Waals surface area contributed by atoms with Crippen molar-refractivity contribution < 1.29 is 42.2 Å². The number of aromatic hydroxyl groups is 1. The van der Waals surface area contributed by atoms with Gasteiger partial charge in [0.2, 0.25) is 11.3 Å². The minimum atomic E-state index is -4.73. The lowest BCUT2D eigenvalue weighted by molar-refractivity contribution is -0.119. The van der Waals surface area contributed by atoms with Crippen molar-refractivity contribution in [3.05, 3.63) is 62.9 Å². The average molecular weight is 603 g/mol. The number of hydrogen-bond donors (Lipinski definition) is 5. The predicted molar refractivity (Wildman–Crippen MR) is 141 cm³/mol. The van der Waals surface area contributed by atoms with Crippen molar-refractivity contribution in [2.24, 2.45) is 0 Å². The maximum atomic E-state index is 12.7. The molecule has 17 nitrogen and oxygen atoms in total. The topological polar surface area (TPSA) is 263 Å². The first kappa shape index (κ1) is 28.9. The fraction of sp³-hybridized carbons (Fsp3) is 0.292. The van der Waals surface area contributed by atoms with Crippen molar-refractivity contribution in [1.29, 1.82) is 0 Å². The molecule has 42 heavy (non-hydrogen) atoms. The summed E-state index contributed by atoms with van der Waals surface area (Å²) in [4.78, 5) is 60.1. The first-order valence-electron chi connectivity index (χ1n) is 12.2. The number of nitrogens with zero attached hydrogens (tertiary/aromatic N) is 4. The Morgan fingerprint density at radius 2 is 1.81 bits per heavy atom. The zero-order valence-corrected chi connectivity index (χ0v) is 22.1. The Morgan fingerprint density at radius 3 is 2.55 bits per heavy atom. The van der Waals surface area contributed by atoms with Gasteiger partial charge in [-0.1, -0.05) is 24.3 Å². The fourth-order valence-corrected chi connectivity index (χ4v) is 5.22. The number of carbonyl (C=O) groups excluding carboxylic acids is 2. The van der Waals surface area contributed by atoms with E-state index < -0.39 is 82.6 Å². The number of ether oxygens (including phenoxy) is 1. The number of imidazole rings is 1. The summed E-state index contributed by atoms with van der Waals surface area (Å²) >= 11 is 0. The second-order valence-corrected chi connectivity index (χ2v) is 10.6. The van der Waals surface area contributed by atoms with Crippen LogP contribution >= 0.6 is 0 Å². The molecule has 1 saturated heterocycles. The third kappa shape index (κ3) is 5.23. The van der Waals surface area contributed by atoms with E-state index in [0.29, 0.717) is 0 Å². The van der Waals surface area contributed by atoms with E-state index in [4.69, 9.17) is 14.7 Å². The highest BCUT2D eigenvalue weighted by Crippen LogP contribution is 2.32. The van der Waals surface area contributed by atoms with Crippen molar-refractivity contribution >= 4 is 39.0 Å². The first-order chi connectivity index (χ1) is 19.9. The summed E-state index contributed by atoms with van der Waals surface area (Å²) in [5.74, 6) is -2.46. The van der Waals surface area contributed by atoms with Crippen molar-refractivity contribution in [3.63, 3.8) is 0 Å². The number of nitrogen functional groups attached to an aromatic ring is 1. The molecule has 4 aromatic rings. The highest BCUT2D eigenvalue weighted by Gasteiger charge is 2.45. The Hall–Kier alpha value is -4.62. The SMILES string of the molecule is Nc1ncnc2c1ncn2C1O[C@H](COS(=O)(=O)NC(=O)CCC(=O)c2ccccc2-c2c(O)c(=O)c2=O)[C@@H](O)[C@H]1O. The van der Waals surface area contributed by atoms with E-state index in [0.717, 1.165) is 6.33 Å². The van der Waals surface area contributed by atoms with Gasteiger partial charge in [-0.3, -0.25) is 27.9 Å². The lowest BCUT2D eigenvalue weighted by Crippen LogP contribution is -2.37. The number of carbonyl (C=O) groups is 2. The molecule has 1 unspecified atom stereocenters. The Labute approximate surface area is 235 Å². The molecule has 220 valence electrons. The number of benzene rings is 1. The number of fused-ring (bicyclic) bond motifs is 1. The van der Waals surface area contributed by atoms with E-state index >= 15 is 0 Å². The van der Waals surface area contributed by atoms with E-state index in [2.05, 4.69) is 15.0 Å². The zero-order chi connectivity index (χ0) is 30.3. The number of nitrogens with two attached hydrogens (primary N) is 1. The number of hydrogen-bond acceptors (Lipinski definition) is 15. The molecule has 18 heteroatoms. The Balaban J connectivity index is 1.17. The van der Waals surface area contributed by atoms with Crippen LogP contribution < -0.4 is 21.3 Å². The minimum Gasteiger partial charge on any atom is -0.503 e. The number of nitrogens with one attached hydrogen (secondary N) is 1. The van der Waals surface area contributed by atoms with Crippen LogP contribution in [0.15, 0.2) is 46.5 Å². The highest BCUT2D eigenvalue weighted by atomic mass is 32.2. The third-order valence-corrected chi connectivity index (χ3v) is 7.51. The smallest absolute Gasteiger partial charge is 0.362 e.